The van der Waals surface area contributed by atoms with E-state index in [2.05, 4.69) is 4.98 Å². The first kappa shape index (κ1) is 9.82. The molecule has 0 saturated heterocycles. The highest BCUT2D eigenvalue weighted by atomic mass is 19.1. The molecule has 0 unspecified atom stereocenters. The molecule has 1 aliphatic carbocycles. The van der Waals surface area contributed by atoms with E-state index in [1.54, 1.807) is 12.3 Å². The maximum Gasteiger partial charge on any atom is 0.139 e. The van der Waals surface area contributed by atoms with Crippen LogP contribution in [0, 0.1) is 5.82 Å². The van der Waals surface area contributed by atoms with Crippen LogP contribution < -0.4 is 0 Å². The third kappa shape index (κ3) is 1.60. The smallest absolute Gasteiger partial charge is 0.139 e. The number of pyridine rings is 1. The van der Waals surface area contributed by atoms with E-state index in [9.17, 15) is 4.39 Å². The lowest BCUT2D eigenvalue weighted by Crippen LogP contribution is -2.01. The highest BCUT2D eigenvalue weighted by molar-refractivity contribution is 5.43. The third-order valence-corrected chi connectivity index (χ3v) is 3.34. The van der Waals surface area contributed by atoms with Crippen LogP contribution >= 0.6 is 0 Å². The van der Waals surface area contributed by atoms with Gasteiger partial charge >= 0.3 is 0 Å². The highest BCUT2D eigenvalue weighted by Gasteiger charge is 2.13. The van der Waals surface area contributed by atoms with E-state index in [1.165, 1.54) is 43.1 Å². The van der Waals surface area contributed by atoms with Crippen molar-refractivity contribution in [1.82, 2.24) is 9.38 Å². The SMILES string of the molecule is Fc1ccc2nc3c(n2c1)CCCCCC3. The van der Waals surface area contributed by atoms with Crippen molar-refractivity contribution in [2.45, 2.75) is 38.5 Å². The molecule has 0 bridgehead atoms. The Hall–Kier alpha value is -1.38. The van der Waals surface area contributed by atoms with Crippen molar-refractivity contribution in [2.75, 3.05) is 0 Å². The van der Waals surface area contributed by atoms with Gasteiger partial charge in [0.2, 0.25) is 0 Å². The first-order chi connectivity index (χ1) is 7.84. The molecule has 0 N–H and O–H groups in total. The molecule has 0 aromatic carbocycles. The second-order valence-electron chi connectivity index (χ2n) is 4.49. The van der Waals surface area contributed by atoms with Gasteiger partial charge in [-0.25, -0.2) is 9.37 Å². The number of halogens is 1. The second-order valence-corrected chi connectivity index (χ2v) is 4.49. The molecule has 0 saturated carbocycles. The number of rotatable bonds is 0. The predicted octanol–water partition coefficient (Wildman–Crippen LogP) is 3.13. The fourth-order valence-electron chi connectivity index (χ4n) is 2.52. The molecule has 84 valence electrons. The van der Waals surface area contributed by atoms with Crippen LogP contribution in [0.3, 0.4) is 0 Å². The number of imidazole rings is 1. The minimum Gasteiger partial charge on any atom is -0.301 e. The average molecular weight is 218 g/mol. The average Bonchev–Trinajstić information content (AvgIpc) is 2.55. The van der Waals surface area contributed by atoms with Gasteiger partial charge in [0, 0.05) is 11.9 Å². The molecular formula is C13H15FN2. The molecule has 0 radical (unpaired) electrons. The van der Waals surface area contributed by atoms with E-state index in [4.69, 9.17) is 0 Å². The summed E-state index contributed by atoms with van der Waals surface area (Å²) in [5.74, 6) is -0.185. The Kier molecular flexibility index (Phi) is 2.39. The third-order valence-electron chi connectivity index (χ3n) is 3.34. The summed E-state index contributed by atoms with van der Waals surface area (Å²) < 4.78 is 15.1. The lowest BCUT2D eigenvalue weighted by Gasteiger charge is -2.09. The monoisotopic (exact) mass is 218 g/mol. The minimum absolute atomic E-state index is 0.185. The van der Waals surface area contributed by atoms with Crippen LogP contribution in [-0.2, 0) is 12.8 Å². The van der Waals surface area contributed by atoms with Crippen LogP contribution in [0.5, 0.6) is 0 Å². The summed E-state index contributed by atoms with van der Waals surface area (Å²) in [5, 5.41) is 0. The molecule has 2 nitrogen and oxygen atoms in total. The van der Waals surface area contributed by atoms with Crippen molar-refractivity contribution in [1.29, 1.82) is 0 Å². The van der Waals surface area contributed by atoms with Crippen LogP contribution in [0.1, 0.15) is 37.1 Å². The van der Waals surface area contributed by atoms with Crippen molar-refractivity contribution in [3.8, 4) is 0 Å². The topological polar surface area (TPSA) is 17.3 Å². The molecule has 16 heavy (non-hydrogen) atoms. The zero-order valence-electron chi connectivity index (χ0n) is 9.25. The van der Waals surface area contributed by atoms with Gasteiger partial charge in [-0.15, -0.1) is 0 Å². The summed E-state index contributed by atoms with van der Waals surface area (Å²) in [6, 6.07) is 3.25. The summed E-state index contributed by atoms with van der Waals surface area (Å²) in [7, 11) is 0. The van der Waals surface area contributed by atoms with Crippen molar-refractivity contribution in [2.24, 2.45) is 0 Å². The molecule has 0 amide bonds. The van der Waals surface area contributed by atoms with Gasteiger partial charge < -0.3 is 4.40 Å². The highest BCUT2D eigenvalue weighted by Crippen LogP contribution is 2.21. The van der Waals surface area contributed by atoms with Crippen LogP contribution in [0.2, 0.25) is 0 Å². The van der Waals surface area contributed by atoms with Gasteiger partial charge in [0.25, 0.3) is 0 Å². The summed E-state index contributed by atoms with van der Waals surface area (Å²) in [6.45, 7) is 0. The fourth-order valence-corrected chi connectivity index (χ4v) is 2.52. The predicted molar refractivity (Wildman–Crippen MR) is 61.0 cm³/mol. The summed E-state index contributed by atoms with van der Waals surface area (Å²) >= 11 is 0. The maximum absolute atomic E-state index is 13.2. The Morgan fingerprint density at radius 1 is 1.06 bits per heavy atom. The molecule has 0 fully saturated rings. The Morgan fingerprint density at radius 3 is 2.75 bits per heavy atom. The Morgan fingerprint density at radius 2 is 1.88 bits per heavy atom. The molecule has 2 heterocycles. The lowest BCUT2D eigenvalue weighted by atomic mass is 10.0. The van der Waals surface area contributed by atoms with Crippen molar-refractivity contribution >= 4 is 5.65 Å². The molecule has 2 aromatic heterocycles. The number of fused-ring (bicyclic) bond motifs is 3. The van der Waals surface area contributed by atoms with Gasteiger partial charge in [-0.05, 0) is 37.8 Å². The van der Waals surface area contributed by atoms with Gasteiger partial charge in [-0.3, -0.25) is 0 Å². The lowest BCUT2D eigenvalue weighted by molar-refractivity contribution is 0.597. The molecule has 0 atom stereocenters. The van der Waals surface area contributed by atoms with E-state index >= 15 is 0 Å². The number of hydrogen-bond donors (Lipinski definition) is 0. The standard InChI is InChI=1S/C13H15FN2/c14-10-7-8-13-15-11-5-3-1-2-4-6-12(11)16(13)9-10/h7-9H,1-6H2. The summed E-state index contributed by atoms with van der Waals surface area (Å²) in [4.78, 5) is 4.59. The van der Waals surface area contributed by atoms with Crippen molar-refractivity contribution < 1.29 is 4.39 Å². The molecule has 0 aliphatic heterocycles. The second kappa shape index (κ2) is 3.89. The molecule has 3 heteroatoms. The fraction of sp³-hybridized carbons (Fsp3) is 0.462. The first-order valence-electron chi connectivity index (χ1n) is 6.00. The van der Waals surface area contributed by atoms with Crippen molar-refractivity contribution in [3.63, 3.8) is 0 Å². The van der Waals surface area contributed by atoms with Gasteiger partial charge in [0.15, 0.2) is 0 Å². The molecule has 2 aromatic rings. The molecule has 1 aliphatic rings. The van der Waals surface area contributed by atoms with Crippen LogP contribution in [0.15, 0.2) is 18.3 Å². The summed E-state index contributed by atoms with van der Waals surface area (Å²) in [6.07, 6.45) is 8.60. The zero-order chi connectivity index (χ0) is 11.0. The van der Waals surface area contributed by atoms with Gasteiger partial charge in [-0.2, -0.15) is 0 Å². The number of hydrogen-bond acceptors (Lipinski definition) is 1. The number of aryl methyl sites for hydroxylation is 2. The molecule has 3 rings (SSSR count). The summed E-state index contributed by atoms with van der Waals surface area (Å²) in [5.41, 5.74) is 3.27. The van der Waals surface area contributed by atoms with E-state index in [0.717, 1.165) is 18.5 Å². The quantitative estimate of drug-likeness (QED) is 0.664. The van der Waals surface area contributed by atoms with Gasteiger partial charge in [0.1, 0.15) is 11.5 Å². The van der Waals surface area contributed by atoms with E-state index in [1.807, 2.05) is 4.40 Å². The zero-order valence-corrected chi connectivity index (χ0v) is 9.25. The number of nitrogens with zero attached hydrogens (tertiary/aromatic N) is 2. The van der Waals surface area contributed by atoms with Gasteiger partial charge in [-0.1, -0.05) is 12.8 Å². The van der Waals surface area contributed by atoms with Crippen LogP contribution in [0.4, 0.5) is 4.39 Å². The maximum atomic E-state index is 13.2. The Bertz CT molecular complexity index is 516. The van der Waals surface area contributed by atoms with Crippen LogP contribution in [0.25, 0.3) is 5.65 Å². The van der Waals surface area contributed by atoms with E-state index < -0.39 is 0 Å². The van der Waals surface area contributed by atoms with Crippen molar-refractivity contribution in [3.05, 3.63) is 35.5 Å². The van der Waals surface area contributed by atoms with E-state index in [0.29, 0.717) is 0 Å². The van der Waals surface area contributed by atoms with Crippen LogP contribution in [-0.4, -0.2) is 9.38 Å². The molecular weight excluding hydrogens is 203 g/mol. The normalized spacial score (nSPS) is 16.8. The molecule has 0 spiro atoms. The van der Waals surface area contributed by atoms with E-state index in [-0.39, 0.29) is 5.82 Å². The largest absolute Gasteiger partial charge is 0.301 e. The van der Waals surface area contributed by atoms with Gasteiger partial charge in [0.05, 0.1) is 5.69 Å². The Labute approximate surface area is 94.1 Å². The number of aromatic nitrogens is 2. The first-order valence-corrected chi connectivity index (χ1v) is 6.00. The Balaban J connectivity index is 2.17. The minimum atomic E-state index is -0.185.